The molecule has 5 nitrogen and oxygen atoms in total. The number of benzene rings is 2. The molecular weight excluding hydrogens is 357 g/mol. The number of amides is 1. The van der Waals surface area contributed by atoms with Crippen LogP contribution >= 0.6 is 0 Å². The van der Waals surface area contributed by atoms with E-state index < -0.39 is 0 Å². The topological polar surface area (TPSA) is 63.2 Å². The number of carbonyl (C=O) groups excluding carboxylic acids is 1. The van der Waals surface area contributed by atoms with E-state index in [1.54, 1.807) is 24.4 Å². The summed E-state index contributed by atoms with van der Waals surface area (Å²) in [5.74, 6) is 0.568. The van der Waals surface area contributed by atoms with Crippen LogP contribution < -0.4 is 15.4 Å². The van der Waals surface area contributed by atoms with Crippen LogP contribution in [0.3, 0.4) is 0 Å². The monoisotopic (exact) mass is 379 g/mol. The molecule has 1 aromatic heterocycles. The summed E-state index contributed by atoms with van der Waals surface area (Å²) in [5, 5.41) is 5.98. The van der Waals surface area contributed by atoms with Crippen molar-refractivity contribution in [2.75, 3.05) is 10.6 Å². The zero-order chi connectivity index (χ0) is 19.9. The fraction of sp³-hybridized carbons (Fsp3) is 0.182. The first-order valence-electron chi connectivity index (χ1n) is 9.02. The first-order valence-corrected chi connectivity index (χ1v) is 9.02. The highest BCUT2D eigenvalue weighted by Crippen LogP contribution is 2.28. The van der Waals surface area contributed by atoms with E-state index >= 15 is 0 Å². The van der Waals surface area contributed by atoms with Crippen molar-refractivity contribution in [3.05, 3.63) is 78.2 Å². The highest BCUT2D eigenvalue weighted by molar-refractivity contribution is 5.91. The molecule has 0 bridgehead atoms. The van der Waals surface area contributed by atoms with Crippen molar-refractivity contribution in [2.45, 2.75) is 26.4 Å². The van der Waals surface area contributed by atoms with Gasteiger partial charge in [-0.05, 0) is 55.8 Å². The lowest BCUT2D eigenvalue weighted by atomic mass is 10.1. The van der Waals surface area contributed by atoms with Gasteiger partial charge in [0.1, 0.15) is 17.4 Å². The lowest BCUT2D eigenvalue weighted by Crippen LogP contribution is -2.15. The molecule has 1 amide bonds. The highest BCUT2D eigenvalue weighted by Gasteiger charge is 2.08. The molecule has 0 atom stereocenters. The summed E-state index contributed by atoms with van der Waals surface area (Å²) in [6, 6.07) is 17.2. The molecule has 144 valence electrons. The van der Waals surface area contributed by atoms with Crippen molar-refractivity contribution in [3.8, 4) is 5.75 Å². The van der Waals surface area contributed by atoms with E-state index in [2.05, 4.69) is 15.6 Å². The summed E-state index contributed by atoms with van der Waals surface area (Å²) in [7, 11) is 0. The summed E-state index contributed by atoms with van der Waals surface area (Å²) in [4.78, 5) is 16.4. The Hall–Kier alpha value is -3.41. The van der Waals surface area contributed by atoms with Gasteiger partial charge in [-0.1, -0.05) is 24.3 Å². The number of hydrogen-bond acceptors (Lipinski definition) is 4. The minimum atomic E-state index is -0.361. The normalized spacial score (nSPS) is 10.6. The molecule has 6 heteroatoms. The molecule has 0 radical (unpaired) electrons. The lowest BCUT2D eigenvalue weighted by molar-refractivity contribution is -0.115. The molecule has 3 aromatic rings. The number of ether oxygens (including phenoxy) is 1. The smallest absolute Gasteiger partial charge is 0.229 e. The van der Waals surface area contributed by atoms with Crippen LogP contribution in [0.15, 0.2) is 66.9 Å². The van der Waals surface area contributed by atoms with Gasteiger partial charge >= 0.3 is 0 Å². The van der Waals surface area contributed by atoms with Gasteiger partial charge in [-0.2, -0.15) is 0 Å². The Labute approximate surface area is 163 Å². The molecule has 0 aliphatic carbocycles. The number of rotatable bonds is 7. The Morgan fingerprint density at radius 2 is 1.93 bits per heavy atom. The van der Waals surface area contributed by atoms with Gasteiger partial charge in [0.15, 0.2) is 0 Å². The van der Waals surface area contributed by atoms with Gasteiger partial charge in [-0.15, -0.1) is 0 Å². The van der Waals surface area contributed by atoms with Crippen molar-refractivity contribution in [2.24, 2.45) is 0 Å². The van der Waals surface area contributed by atoms with Crippen LogP contribution in [0.2, 0.25) is 0 Å². The molecule has 0 spiro atoms. The first kappa shape index (κ1) is 19.4. The lowest BCUT2D eigenvalue weighted by Gasteiger charge is -2.15. The van der Waals surface area contributed by atoms with E-state index in [0.29, 0.717) is 11.4 Å². The third-order valence-corrected chi connectivity index (χ3v) is 3.81. The van der Waals surface area contributed by atoms with E-state index in [4.69, 9.17) is 4.74 Å². The summed E-state index contributed by atoms with van der Waals surface area (Å²) < 4.78 is 19.0. The van der Waals surface area contributed by atoms with Gasteiger partial charge in [0.2, 0.25) is 5.91 Å². The second-order valence-electron chi connectivity index (χ2n) is 6.57. The Kier molecular flexibility index (Phi) is 6.22. The van der Waals surface area contributed by atoms with Gasteiger partial charge in [-0.3, -0.25) is 4.79 Å². The van der Waals surface area contributed by atoms with E-state index in [1.165, 1.54) is 12.1 Å². The van der Waals surface area contributed by atoms with E-state index in [0.717, 1.165) is 17.1 Å². The number of nitrogens with zero attached hydrogens (tertiary/aromatic N) is 1. The molecule has 0 fully saturated rings. The fourth-order valence-corrected chi connectivity index (χ4v) is 2.64. The quantitative estimate of drug-likeness (QED) is 0.611. The number of pyridine rings is 1. The van der Waals surface area contributed by atoms with Crippen LogP contribution in [0.5, 0.6) is 5.75 Å². The van der Waals surface area contributed by atoms with Gasteiger partial charge < -0.3 is 15.4 Å². The Morgan fingerprint density at radius 3 is 2.64 bits per heavy atom. The maximum Gasteiger partial charge on any atom is 0.229 e. The zero-order valence-electron chi connectivity index (χ0n) is 15.8. The van der Waals surface area contributed by atoms with Crippen molar-refractivity contribution in [1.29, 1.82) is 0 Å². The maximum absolute atomic E-state index is 13.2. The van der Waals surface area contributed by atoms with E-state index in [1.807, 2.05) is 44.2 Å². The number of anilines is 3. The average molecular weight is 379 g/mol. The number of para-hydroxylation sites is 2. The van der Waals surface area contributed by atoms with Crippen molar-refractivity contribution < 1.29 is 13.9 Å². The van der Waals surface area contributed by atoms with E-state index in [9.17, 15) is 9.18 Å². The van der Waals surface area contributed by atoms with Crippen LogP contribution in [0, 0.1) is 5.82 Å². The Bertz CT molecular complexity index is 943. The molecule has 2 aromatic carbocycles. The van der Waals surface area contributed by atoms with Crippen LogP contribution in [-0.2, 0) is 11.2 Å². The van der Waals surface area contributed by atoms with Gasteiger partial charge in [0.05, 0.1) is 30.1 Å². The number of hydrogen-bond donors (Lipinski definition) is 2. The second-order valence-corrected chi connectivity index (χ2v) is 6.57. The standard InChI is InChI=1S/C22H22FN3O2/c1-15(2)28-20-9-4-3-8-19(20)25-18-10-11-21(24-14-18)26-22(27)13-16-6-5-7-17(23)12-16/h3-12,14-15,25H,13H2,1-2H3,(H,24,26,27). The van der Waals surface area contributed by atoms with Gasteiger partial charge in [-0.25, -0.2) is 9.37 Å². The van der Waals surface area contributed by atoms with Gasteiger partial charge in [0, 0.05) is 0 Å². The highest BCUT2D eigenvalue weighted by atomic mass is 19.1. The van der Waals surface area contributed by atoms with Crippen LogP contribution in [0.4, 0.5) is 21.6 Å². The second kappa shape index (κ2) is 8.99. The maximum atomic E-state index is 13.2. The predicted octanol–water partition coefficient (Wildman–Crippen LogP) is 4.93. The van der Waals surface area contributed by atoms with Crippen LogP contribution in [0.25, 0.3) is 0 Å². The number of nitrogens with one attached hydrogen (secondary N) is 2. The van der Waals surface area contributed by atoms with Crippen molar-refractivity contribution in [3.63, 3.8) is 0 Å². The SMILES string of the molecule is CC(C)Oc1ccccc1Nc1ccc(NC(=O)Cc2cccc(F)c2)nc1. The molecule has 0 aliphatic heterocycles. The van der Waals surface area contributed by atoms with Gasteiger partial charge in [0.25, 0.3) is 0 Å². The molecular formula is C22H22FN3O2. The molecule has 1 heterocycles. The largest absolute Gasteiger partial charge is 0.489 e. The molecule has 0 saturated heterocycles. The summed E-state index contributed by atoms with van der Waals surface area (Å²) >= 11 is 0. The van der Waals surface area contributed by atoms with Crippen molar-refractivity contribution >= 4 is 23.1 Å². The predicted molar refractivity (Wildman–Crippen MR) is 108 cm³/mol. The molecule has 2 N–H and O–H groups in total. The fourth-order valence-electron chi connectivity index (χ4n) is 2.64. The number of carbonyl (C=O) groups is 1. The Morgan fingerprint density at radius 1 is 1.11 bits per heavy atom. The minimum Gasteiger partial charge on any atom is -0.489 e. The summed E-state index contributed by atoms with van der Waals surface area (Å²) in [6.07, 6.45) is 1.78. The molecule has 3 rings (SSSR count). The third kappa shape index (κ3) is 5.54. The molecule has 0 unspecified atom stereocenters. The zero-order valence-corrected chi connectivity index (χ0v) is 15.8. The average Bonchev–Trinajstić information content (AvgIpc) is 2.64. The third-order valence-electron chi connectivity index (χ3n) is 3.81. The summed E-state index contributed by atoms with van der Waals surface area (Å²) in [6.45, 7) is 3.94. The number of halogens is 1. The first-order chi connectivity index (χ1) is 13.5. The Balaban J connectivity index is 1.62. The van der Waals surface area contributed by atoms with Crippen molar-refractivity contribution in [1.82, 2.24) is 4.98 Å². The molecule has 28 heavy (non-hydrogen) atoms. The molecule has 0 saturated carbocycles. The minimum absolute atomic E-state index is 0.0664. The molecule has 0 aliphatic rings. The van der Waals surface area contributed by atoms with Crippen LogP contribution in [0.1, 0.15) is 19.4 Å². The van der Waals surface area contributed by atoms with E-state index in [-0.39, 0.29) is 24.2 Å². The van der Waals surface area contributed by atoms with Crippen LogP contribution in [-0.4, -0.2) is 17.0 Å². The number of aromatic nitrogens is 1. The summed E-state index contributed by atoms with van der Waals surface area (Å²) in [5.41, 5.74) is 2.21.